The van der Waals surface area contributed by atoms with Gasteiger partial charge in [-0.25, -0.2) is 8.42 Å². The second-order valence-corrected chi connectivity index (χ2v) is 7.82. The first-order chi connectivity index (χ1) is 8.02. The fourth-order valence-corrected chi connectivity index (χ4v) is 4.79. The molecular weight excluding hydrogens is 238 g/mol. The monoisotopic (exact) mass is 261 g/mol. The maximum atomic E-state index is 11.7. The lowest BCUT2D eigenvalue weighted by atomic mass is 10.0. The molecule has 0 aromatic heterocycles. The second kappa shape index (κ2) is 5.24. The van der Waals surface area contributed by atoms with Crippen LogP contribution in [0.5, 0.6) is 0 Å². The first-order valence-electron chi connectivity index (χ1n) is 6.58. The summed E-state index contributed by atoms with van der Waals surface area (Å²) >= 11 is 0. The molecule has 4 nitrogen and oxygen atoms in total. The largest absolute Gasteiger partial charge is 0.396 e. The first kappa shape index (κ1) is 13.3. The molecule has 0 aromatic rings. The number of nitrogens with one attached hydrogen (secondary N) is 1. The average molecular weight is 261 g/mol. The van der Waals surface area contributed by atoms with Gasteiger partial charge in [-0.15, -0.1) is 0 Å². The van der Waals surface area contributed by atoms with Crippen LogP contribution in [-0.2, 0) is 9.84 Å². The Morgan fingerprint density at radius 3 is 2.41 bits per heavy atom. The highest BCUT2D eigenvalue weighted by Crippen LogP contribution is 2.30. The van der Waals surface area contributed by atoms with E-state index in [1.807, 2.05) is 0 Å². The van der Waals surface area contributed by atoms with Gasteiger partial charge in [-0.05, 0) is 31.6 Å². The van der Waals surface area contributed by atoms with Crippen LogP contribution in [0.4, 0.5) is 0 Å². The van der Waals surface area contributed by atoms with E-state index in [9.17, 15) is 13.5 Å². The van der Waals surface area contributed by atoms with Crippen molar-refractivity contribution in [3.05, 3.63) is 0 Å². The maximum absolute atomic E-state index is 11.7. The average Bonchev–Trinajstić information content (AvgIpc) is 2.85. The Morgan fingerprint density at radius 1 is 1.12 bits per heavy atom. The predicted molar refractivity (Wildman–Crippen MR) is 67.6 cm³/mol. The molecule has 0 spiro atoms. The molecule has 4 unspecified atom stereocenters. The molecule has 0 bridgehead atoms. The van der Waals surface area contributed by atoms with Gasteiger partial charge in [0, 0.05) is 24.9 Å². The van der Waals surface area contributed by atoms with Crippen LogP contribution in [0.3, 0.4) is 0 Å². The molecule has 2 aliphatic rings. The Hall–Kier alpha value is -0.130. The third kappa shape index (κ3) is 3.01. The molecule has 0 saturated heterocycles. The molecule has 0 heterocycles. The summed E-state index contributed by atoms with van der Waals surface area (Å²) in [6.07, 6.45) is 7.34. The maximum Gasteiger partial charge on any atom is 0.151 e. The molecule has 100 valence electrons. The lowest BCUT2D eigenvalue weighted by Gasteiger charge is -2.27. The van der Waals surface area contributed by atoms with Crippen molar-refractivity contribution in [3.8, 4) is 0 Å². The molecule has 0 aromatic carbocycles. The fraction of sp³-hybridized carbons (Fsp3) is 1.00. The van der Waals surface area contributed by atoms with Gasteiger partial charge in [0.2, 0.25) is 0 Å². The molecule has 5 heteroatoms. The minimum absolute atomic E-state index is 0.0992. The minimum atomic E-state index is -2.94. The molecule has 17 heavy (non-hydrogen) atoms. The molecule has 2 N–H and O–H groups in total. The summed E-state index contributed by atoms with van der Waals surface area (Å²) in [7, 11) is -2.94. The Morgan fingerprint density at radius 2 is 1.76 bits per heavy atom. The molecule has 2 rings (SSSR count). The van der Waals surface area contributed by atoms with E-state index >= 15 is 0 Å². The summed E-state index contributed by atoms with van der Waals surface area (Å²) in [6.45, 7) is 0.216. The Bertz CT molecular complexity index is 355. The quantitative estimate of drug-likeness (QED) is 0.782. The van der Waals surface area contributed by atoms with Crippen LogP contribution in [0.1, 0.15) is 38.5 Å². The van der Waals surface area contributed by atoms with Gasteiger partial charge < -0.3 is 10.4 Å². The number of sulfone groups is 1. The zero-order chi connectivity index (χ0) is 12.5. The van der Waals surface area contributed by atoms with E-state index in [1.54, 1.807) is 0 Å². The van der Waals surface area contributed by atoms with E-state index in [4.69, 9.17) is 0 Å². The molecule has 4 atom stereocenters. The number of hydrogen-bond donors (Lipinski definition) is 2. The van der Waals surface area contributed by atoms with Crippen LogP contribution in [0.15, 0.2) is 0 Å². The van der Waals surface area contributed by atoms with E-state index in [0.717, 1.165) is 38.5 Å². The van der Waals surface area contributed by atoms with Gasteiger partial charge in [0.1, 0.15) is 0 Å². The Balaban J connectivity index is 1.98. The van der Waals surface area contributed by atoms with E-state index in [0.29, 0.717) is 12.0 Å². The van der Waals surface area contributed by atoms with Crippen LogP contribution in [0.2, 0.25) is 0 Å². The van der Waals surface area contributed by atoms with Crippen molar-refractivity contribution in [3.63, 3.8) is 0 Å². The van der Waals surface area contributed by atoms with Crippen molar-refractivity contribution < 1.29 is 13.5 Å². The lowest BCUT2D eigenvalue weighted by Crippen LogP contribution is -2.47. The van der Waals surface area contributed by atoms with Crippen molar-refractivity contribution >= 4 is 9.84 Å². The zero-order valence-corrected chi connectivity index (χ0v) is 11.2. The zero-order valence-electron chi connectivity index (χ0n) is 10.4. The van der Waals surface area contributed by atoms with Crippen LogP contribution in [0.25, 0.3) is 0 Å². The van der Waals surface area contributed by atoms with Crippen LogP contribution in [0, 0.1) is 5.92 Å². The molecule has 0 aliphatic heterocycles. The van der Waals surface area contributed by atoms with E-state index in [1.165, 1.54) is 6.26 Å². The van der Waals surface area contributed by atoms with Crippen molar-refractivity contribution in [2.45, 2.75) is 55.9 Å². The lowest BCUT2D eigenvalue weighted by molar-refractivity contribution is 0.199. The van der Waals surface area contributed by atoms with E-state index < -0.39 is 9.84 Å². The Kier molecular flexibility index (Phi) is 4.10. The SMILES string of the molecule is CS(=O)(=O)C1CCCC1NC1CCCC1CO. The van der Waals surface area contributed by atoms with E-state index in [-0.39, 0.29) is 17.9 Å². The number of rotatable bonds is 4. The van der Waals surface area contributed by atoms with Crippen molar-refractivity contribution in [2.24, 2.45) is 5.92 Å². The number of aliphatic hydroxyl groups excluding tert-OH is 1. The summed E-state index contributed by atoms with van der Waals surface area (Å²) in [5.74, 6) is 0.316. The van der Waals surface area contributed by atoms with Gasteiger partial charge in [0.25, 0.3) is 0 Å². The van der Waals surface area contributed by atoms with Crippen LogP contribution < -0.4 is 5.32 Å². The summed E-state index contributed by atoms with van der Waals surface area (Å²) in [6, 6.07) is 0.412. The predicted octanol–water partition coefficient (Wildman–Crippen LogP) is 0.703. The van der Waals surface area contributed by atoms with Crippen molar-refractivity contribution in [1.82, 2.24) is 5.32 Å². The standard InChI is InChI=1S/C12H23NO3S/c1-17(15,16)12-7-3-6-11(12)13-10-5-2-4-9(10)8-14/h9-14H,2-8H2,1H3. The fourth-order valence-electron chi connectivity index (χ4n) is 3.38. The topological polar surface area (TPSA) is 66.4 Å². The van der Waals surface area contributed by atoms with Crippen LogP contribution in [-0.4, -0.2) is 43.7 Å². The highest BCUT2D eigenvalue weighted by molar-refractivity contribution is 7.91. The second-order valence-electron chi connectivity index (χ2n) is 5.55. The van der Waals surface area contributed by atoms with Gasteiger partial charge in [-0.3, -0.25) is 0 Å². The van der Waals surface area contributed by atoms with E-state index in [2.05, 4.69) is 5.32 Å². The van der Waals surface area contributed by atoms with Crippen molar-refractivity contribution in [1.29, 1.82) is 0 Å². The smallest absolute Gasteiger partial charge is 0.151 e. The van der Waals surface area contributed by atoms with Gasteiger partial charge in [-0.1, -0.05) is 12.8 Å². The number of aliphatic hydroxyl groups is 1. The third-order valence-electron chi connectivity index (χ3n) is 4.32. The summed E-state index contributed by atoms with van der Waals surface area (Å²) in [5.41, 5.74) is 0. The third-order valence-corrected chi connectivity index (χ3v) is 5.99. The van der Waals surface area contributed by atoms with Gasteiger partial charge >= 0.3 is 0 Å². The molecule has 2 aliphatic carbocycles. The summed E-state index contributed by atoms with van der Waals surface area (Å²) in [5, 5.41) is 12.6. The van der Waals surface area contributed by atoms with Gasteiger partial charge in [0.05, 0.1) is 5.25 Å². The van der Waals surface area contributed by atoms with Gasteiger partial charge in [0.15, 0.2) is 9.84 Å². The van der Waals surface area contributed by atoms with Crippen LogP contribution >= 0.6 is 0 Å². The normalized spacial score (nSPS) is 38.7. The minimum Gasteiger partial charge on any atom is -0.396 e. The highest BCUT2D eigenvalue weighted by atomic mass is 32.2. The first-order valence-corrected chi connectivity index (χ1v) is 8.53. The molecule has 0 radical (unpaired) electrons. The highest BCUT2D eigenvalue weighted by Gasteiger charge is 2.37. The molecular formula is C12H23NO3S. The number of hydrogen-bond acceptors (Lipinski definition) is 4. The van der Waals surface area contributed by atoms with Crippen molar-refractivity contribution in [2.75, 3.05) is 12.9 Å². The Labute approximate surface area is 104 Å². The molecule has 2 saturated carbocycles. The van der Waals surface area contributed by atoms with Gasteiger partial charge in [-0.2, -0.15) is 0 Å². The molecule has 0 amide bonds. The molecule has 2 fully saturated rings. The summed E-state index contributed by atoms with van der Waals surface area (Å²) in [4.78, 5) is 0. The summed E-state index contributed by atoms with van der Waals surface area (Å²) < 4.78 is 23.4.